The standard InChI is InChI=1S/C17H16BrNO2/c1-2-11-3-5-12(6-4-11)17(18)13-7-8-15-14(9-13)19-16(20)10-21-15/h3-9,17H,2,10H2,1H3,(H,19,20). The van der Waals surface area contributed by atoms with Crippen molar-refractivity contribution in [3.05, 3.63) is 59.2 Å². The molecule has 0 saturated carbocycles. The molecule has 0 aliphatic carbocycles. The molecule has 2 aromatic carbocycles. The minimum atomic E-state index is -0.113. The number of fused-ring (bicyclic) bond motifs is 1. The second kappa shape index (κ2) is 5.90. The number of hydrogen-bond acceptors (Lipinski definition) is 2. The number of benzene rings is 2. The third-order valence-electron chi connectivity index (χ3n) is 3.61. The summed E-state index contributed by atoms with van der Waals surface area (Å²) in [4.78, 5) is 11.5. The Hall–Kier alpha value is -1.81. The predicted octanol–water partition coefficient (Wildman–Crippen LogP) is 4.06. The molecular weight excluding hydrogens is 330 g/mol. The van der Waals surface area contributed by atoms with Crippen LogP contribution in [0.1, 0.15) is 28.4 Å². The van der Waals surface area contributed by atoms with Crippen LogP contribution in [0.15, 0.2) is 42.5 Å². The Morgan fingerprint density at radius 1 is 1.19 bits per heavy atom. The van der Waals surface area contributed by atoms with Gasteiger partial charge in [0.2, 0.25) is 0 Å². The summed E-state index contributed by atoms with van der Waals surface area (Å²) >= 11 is 3.73. The fourth-order valence-corrected chi connectivity index (χ4v) is 2.96. The van der Waals surface area contributed by atoms with E-state index in [0.29, 0.717) is 0 Å². The summed E-state index contributed by atoms with van der Waals surface area (Å²) in [6, 6.07) is 14.4. The van der Waals surface area contributed by atoms with E-state index in [0.717, 1.165) is 23.4 Å². The largest absolute Gasteiger partial charge is 0.482 e. The minimum absolute atomic E-state index is 0.0859. The Balaban J connectivity index is 1.88. The summed E-state index contributed by atoms with van der Waals surface area (Å²) in [5, 5.41) is 2.84. The van der Waals surface area contributed by atoms with Gasteiger partial charge < -0.3 is 10.1 Å². The van der Waals surface area contributed by atoms with Gasteiger partial charge >= 0.3 is 0 Å². The van der Waals surface area contributed by atoms with Crippen LogP contribution in [0.2, 0.25) is 0 Å². The normalized spacial score (nSPS) is 14.9. The van der Waals surface area contributed by atoms with Crippen molar-refractivity contribution in [1.29, 1.82) is 0 Å². The molecule has 3 nitrogen and oxygen atoms in total. The van der Waals surface area contributed by atoms with Crippen LogP contribution in [-0.4, -0.2) is 12.5 Å². The Morgan fingerprint density at radius 3 is 2.62 bits per heavy atom. The maximum absolute atomic E-state index is 11.4. The SMILES string of the molecule is CCc1ccc(C(Br)c2ccc3c(c2)NC(=O)CO3)cc1. The van der Waals surface area contributed by atoms with E-state index in [1.54, 1.807) is 0 Å². The van der Waals surface area contributed by atoms with Crippen molar-refractivity contribution in [2.24, 2.45) is 0 Å². The summed E-state index contributed by atoms with van der Waals surface area (Å²) in [5.41, 5.74) is 4.34. The van der Waals surface area contributed by atoms with Gasteiger partial charge in [0.15, 0.2) is 6.61 Å². The van der Waals surface area contributed by atoms with Gasteiger partial charge in [0.1, 0.15) is 5.75 Å². The van der Waals surface area contributed by atoms with Crippen molar-refractivity contribution in [3.8, 4) is 5.75 Å². The first-order valence-electron chi connectivity index (χ1n) is 6.97. The second-order valence-corrected chi connectivity index (χ2v) is 5.97. The number of nitrogens with one attached hydrogen (secondary N) is 1. The maximum atomic E-state index is 11.4. The molecule has 1 amide bonds. The first-order valence-corrected chi connectivity index (χ1v) is 7.88. The van der Waals surface area contributed by atoms with Crippen molar-refractivity contribution < 1.29 is 9.53 Å². The molecule has 108 valence electrons. The average Bonchev–Trinajstić information content (AvgIpc) is 2.53. The number of alkyl halides is 1. The molecule has 3 rings (SSSR count). The molecule has 0 fully saturated rings. The zero-order chi connectivity index (χ0) is 14.8. The number of carbonyl (C=O) groups is 1. The lowest BCUT2D eigenvalue weighted by molar-refractivity contribution is -0.118. The fraction of sp³-hybridized carbons (Fsp3) is 0.235. The highest BCUT2D eigenvalue weighted by Gasteiger charge is 2.18. The average molecular weight is 346 g/mol. The molecule has 1 heterocycles. The molecule has 0 saturated heterocycles. The van der Waals surface area contributed by atoms with Crippen molar-refractivity contribution >= 4 is 27.5 Å². The van der Waals surface area contributed by atoms with Crippen LogP contribution < -0.4 is 10.1 Å². The van der Waals surface area contributed by atoms with Gasteiger partial charge in [-0.15, -0.1) is 0 Å². The molecule has 0 radical (unpaired) electrons. The zero-order valence-corrected chi connectivity index (χ0v) is 13.3. The number of aryl methyl sites for hydroxylation is 1. The van der Waals surface area contributed by atoms with Crippen molar-refractivity contribution in [2.45, 2.75) is 18.2 Å². The van der Waals surface area contributed by atoms with E-state index in [1.165, 1.54) is 11.1 Å². The lowest BCUT2D eigenvalue weighted by atomic mass is 10.0. The first kappa shape index (κ1) is 14.1. The Labute approximate surface area is 132 Å². The number of hydrogen-bond donors (Lipinski definition) is 1. The molecule has 21 heavy (non-hydrogen) atoms. The molecule has 1 atom stereocenters. The van der Waals surface area contributed by atoms with Gasteiger partial charge in [0, 0.05) is 0 Å². The topological polar surface area (TPSA) is 38.3 Å². The lowest BCUT2D eigenvalue weighted by Crippen LogP contribution is -2.25. The zero-order valence-electron chi connectivity index (χ0n) is 11.7. The van der Waals surface area contributed by atoms with Gasteiger partial charge in [-0.05, 0) is 35.2 Å². The summed E-state index contributed by atoms with van der Waals surface area (Å²) in [5.74, 6) is 0.609. The number of rotatable bonds is 3. The fourth-order valence-electron chi connectivity index (χ4n) is 2.37. The molecular formula is C17H16BrNO2. The molecule has 4 heteroatoms. The highest BCUT2D eigenvalue weighted by molar-refractivity contribution is 9.09. The number of carbonyl (C=O) groups excluding carboxylic acids is 1. The molecule has 0 spiro atoms. The van der Waals surface area contributed by atoms with Crippen LogP contribution in [0.3, 0.4) is 0 Å². The molecule has 2 aromatic rings. The summed E-state index contributed by atoms with van der Waals surface area (Å²) < 4.78 is 5.38. The van der Waals surface area contributed by atoms with Gasteiger partial charge in [-0.2, -0.15) is 0 Å². The van der Waals surface area contributed by atoms with Crippen LogP contribution in [-0.2, 0) is 11.2 Å². The third-order valence-corrected chi connectivity index (χ3v) is 4.67. The quantitative estimate of drug-likeness (QED) is 0.851. The smallest absolute Gasteiger partial charge is 0.262 e. The monoisotopic (exact) mass is 345 g/mol. The summed E-state index contributed by atoms with van der Waals surface area (Å²) in [6.07, 6.45) is 1.04. The van der Waals surface area contributed by atoms with Crippen LogP contribution in [0.4, 0.5) is 5.69 Å². The van der Waals surface area contributed by atoms with Crippen LogP contribution in [0.5, 0.6) is 5.75 Å². The second-order valence-electron chi connectivity index (χ2n) is 5.05. The van der Waals surface area contributed by atoms with Gasteiger partial charge in [0.05, 0.1) is 10.5 Å². The number of halogens is 1. The molecule has 1 N–H and O–H groups in total. The van der Waals surface area contributed by atoms with Crippen molar-refractivity contribution in [2.75, 3.05) is 11.9 Å². The van der Waals surface area contributed by atoms with E-state index in [1.807, 2.05) is 18.2 Å². The van der Waals surface area contributed by atoms with Crippen molar-refractivity contribution in [1.82, 2.24) is 0 Å². The van der Waals surface area contributed by atoms with E-state index in [-0.39, 0.29) is 17.3 Å². The van der Waals surface area contributed by atoms with E-state index in [2.05, 4.69) is 52.4 Å². The Morgan fingerprint density at radius 2 is 1.90 bits per heavy atom. The molecule has 1 unspecified atom stereocenters. The van der Waals surface area contributed by atoms with E-state index in [9.17, 15) is 4.79 Å². The van der Waals surface area contributed by atoms with Gasteiger partial charge in [-0.25, -0.2) is 0 Å². The molecule has 1 aliphatic heterocycles. The van der Waals surface area contributed by atoms with Crippen molar-refractivity contribution in [3.63, 3.8) is 0 Å². The van der Waals surface area contributed by atoms with Gasteiger partial charge in [-0.1, -0.05) is 53.2 Å². The van der Waals surface area contributed by atoms with E-state index < -0.39 is 0 Å². The lowest BCUT2D eigenvalue weighted by Gasteiger charge is -2.20. The Bertz CT molecular complexity index is 667. The van der Waals surface area contributed by atoms with Gasteiger partial charge in [0.25, 0.3) is 5.91 Å². The third kappa shape index (κ3) is 2.95. The van der Waals surface area contributed by atoms with E-state index in [4.69, 9.17) is 4.74 Å². The maximum Gasteiger partial charge on any atom is 0.262 e. The molecule has 1 aliphatic rings. The molecule has 0 bridgehead atoms. The summed E-state index contributed by atoms with van der Waals surface area (Å²) in [7, 11) is 0. The first-order chi connectivity index (χ1) is 10.2. The van der Waals surface area contributed by atoms with E-state index >= 15 is 0 Å². The number of amides is 1. The van der Waals surface area contributed by atoms with Crippen LogP contribution in [0.25, 0.3) is 0 Å². The molecule has 0 aromatic heterocycles. The number of ether oxygens (including phenoxy) is 1. The predicted molar refractivity (Wildman–Crippen MR) is 87.2 cm³/mol. The summed E-state index contributed by atoms with van der Waals surface area (Å²) in [6.45, 7) is 2.23. The number of anilines is 1. The highest BCUT2D eigenvalue weighted by atomic mass is 79.9. The Kier molecular flexibility index (Phi) is 3.97. The van der Waals surface area contributed by atoms with Gasteiger partial charge in [-0.3, -0.25) is 4.79 Å². The van der Waals surface area contributed by atoms with Crippen LogP contribution in [0, 0.1) is 0 Å². The highest BCUT2D eigenvalue weighted by Crippen LogP contribution is 2.36. The minimum Gasteiger partial charge on any atom is -0.482 e. The van der Waals surface area contributed by atoms with Crippen LogP contribution >= 0.6 is 15.9 Å².